The Balaban J connectivity index is 1.37. The molecule has 0 unspecified atom stereocenters. The molecule has 0 bridgehead atoms. The monoisotopic (exact) mass is 289 g/mol. The zero-order valence-electron chi connectivity index (χ0n) is 11.9. The quantitative estimate of drug-likeness (QED) is 0.777. The minimum atomic E-state index is 0.170. The Bertz CT molecular complexity index is 577. The van der Waals surface area contributed by atoms with Gasteiger partial charge in [0.2, 0.25) is 0 Å². The van der Waals surface area contributed by atoms with Crippen molar-refractivity contribution in [1.82, 2.24) is 34.9 Å². The highest BCUT2D eigenvalue weighted by molar-refractivity contribution is 4.91. The Morgan fingerprint density at radius 3 is 3.10 bits per heavy atom. The lowest BCUT2D eigenvalue weighted by Crippen LogP contribution is -2.44. The summed E-state index contributed by atoms with van der Waals surface area (Å²) in [5.74, 6) is 0.970. The summed E-state index contributed by atoms with van der Waals surface area (Å²) < 4.78 is 9.73. The first-order valence-electron chi connectivity index (χ1n) is 7.46. The number of hydrogen-bond acceptors (Lipinski definition) is 6. The molecule has 0 aromatic carbocycles. The molecule has 2 aromatic rings. The molecule has 2 aromatic heterocycles. The minimum Gasteiger partial charge on any atom is -0.374 e. The fourth-order valence-electron chi connectivity index (χ4n) is 2.77. The fourth-order valence-corrected chi connectivity index (χ4v) is 2.77. The zero-order valence-corrected chi connectivity index (χ0v) is 11.9. The summed E-state index contributed by atoms with van der Waals surface area (Å²) >= 11 is 0. The lowest BCUT2D eigenvalue weighted by molar-refractivity contribution is -0.0412. The Hall–Kier alpha value is -1.80. The molecule has 0 radical (unpaired) electrons. The molecular weight excluding hydrogens is 270 g/mol. The van der Waals surface area contributed by atoms with Crippen LogP contribution in [0.4, 0.5) is 0 Å². The van der Waals surface area contributed by atoms with Gasteiger partial charge in [-0.25, -0.2) is 4.68 Å². The normalized spacial score (nSPS) is 23.5. The van der Waals surface area contributed by atoms with E-state index >= 15 is 0 Å². The van der Waals surface area contributed by atoms with E-state index in [1.54, 1.807) is 6.20 Å². The molecule has 0 spiro atoms. The summed E-state index contributed by atoms with van der Waals surface area (Å²) in [6.07, 6.45) is 6.33. The predicted molar refractivity (Wildman–Crippen MR) is 73.3 cm³/mol. The first-order chi connectivity index (χ1) is 10.4. The predicted octanol–water partition coefficient (Wildman–Crippen LogP) is 0.105. The number of morpholine rings is 1. The van der Waals surface area contributed by atoms with Crippen LogP contribution in [-0.2, 0) is 17.8 Å². The van der Waals surface area contributed by atoms with Crippen molar-refractivity contribution >= 4 is 0 Å². The van der Waals surface area contributed by atoms with E-state index in [2.05, 4.69) is 25.5 Å². The second-order valence-corrected chi connectivity index (χ2v) is 5.73. The highest BCUT2D eigenvalue weighted by atomic mass is 16.5. The molecule has 1 saturated carbocycles. The van der Waals surface area contributed by atoms with Gasteiger partial charge in [-0.15, -0.1) is 5.10 Å². The molecule has 1 aliphatic carbocycles. The summed E-state index contributed by atoms with van der Waals surface area (Å²) in [6, 6.07) is 2.46. The van der Waals surface area contributed by atoms with Crippen molar-refractivity contribution < 1.29 is 4.74 Å². The van der Waals surface area contributed by atoms with Gasteiger partial charge in [0.1, 0.15) is 0 Å². The van der Waals surface area contributed by atoms with Crippen molar-refractivity contribution in [2.75, 3.05) is 19.7 Å². The Labute approximate surface area is 122 Å². The van der Waals surface area contributed by atoms with E-state index < -0.39 is 0 Å². The summed E-state index contributed by atoms with van der Waals surface area (Å²) in [5, 5.41) is 16.3. The topological polar surface area (TPSA) is 73.9 Å². The highest BCUT2D eigenvalue weighted by Gasteiger charge is 2.29. The summed E-state index contributed by atoms with van der Waals surface area (Å²) in [6.45, 7) is 4.14. The van der Waals surface area contributed by atoms with Crippen molar-refractivity contribution in [3.63, 3.8) is 0 Å². The number of aromatic nitrogens is 6. The molecule has 8 heteroatoms. The van der Waals surface area contributed by atoms with Crippen LogP contribution in [0.3, 0.4) is 0 Å². The molecule has 1 atom stereocenters. The third kappa shape index (κ3) is 2.96. The lowest BCUT2D eigenvalue weighted by atomic mass is 10.2. The number of rotatable bonds is 5. The van der Waals surface area contributed by atoms with Crippen molar-refractivity contribution in [1.29, 1.82) is 0 Å². The van der Waals surface area contributed by atoms with Crippen molar-refractivity contribution in [3.8, 4) is 0 Å². The number of tetrazole rings is 1. The highest BCUT2D eigenvalue weighted by Crippen LogP contribution is 2.34. The first kappa shape index (κ1) is 12.9. The van der Waals surface area contributed by atoms with Gasteiger partial charge in [-0.3, -0.25) is 9.58 Å². The molecule has 3 heterocycles. The van der Waals surface area contributed by atoms with E-state index in [0.717, 1.165) is 38.6 Å². The van der Waals surface area contributed by atoms with Crippen LogP contribution in [0.5, 0.6) is 0 Å². The zero-order chi connectivity index (χ0) is 14.1. The van der Waals surface area contributed by atoms with Crippen LogP contribution in [0.15, 0.2) is 18.5 Å². The smallest absolute Gasteiger partial charge is 0.165 e. The molecular formula is C13H19N7O. The van der Waals surface area contributed by atoms with Gasteiger partial charge in [0, 0.05) is 25.5 Å². The third-order valence-corrected chi connectivity index (χ3v) is 3.99. The molecule has 112 valence electrons. The van der Waals surface area contributed by atoms with E-state index in [1.807, 2.05) is 21.6 Å². The minimum absolute atomic E-state index is 0.170. The van der Waals surface area contributed by atoms with Gasteiger partial charge in [-0.05, 0) is 29.3 Å². The maximum absolute atomic E-state index is 5.83. The maximum atomic E-state index is 5.83. The lowest BCUT2D eigenvalue weighted by Gasteiger charge is -2.32. The Morgan fingerprint density at radius 2 is 2.29 bits per heavy atom. The van der Waals surface area contributed by atoms with Gasteiger partial charge >= 0.3 is 0 Å². The van der Waals surface area contributed by atoms with Gasteiger partial charge in [-0.1, -0.05) is 0 Å². The average Bonchev–Trinajstić information content (AvgIpc) is 3.01. The van der Waals surface area contributed by atoms with Crippen molar-refractivity contribution in [3.05, 3.63) is 24.3 Å². The fraction of sp³-hybridized carbons (Fsp3) is 0.692. The maximum Gasteiger partial charge on any atom is 0.165 e. The standard InChI is InChI=1S/C13H19N7O/c1-4-14-19(5-1)9-12-8-18(6-7-21-12)10-13-15-16-17-20(13)11-2-3-11/h1,4-5,11-12H,2-3,6-10H2/t12-/m0/s1. The molecule has 2 fully saturated rings. The van der Waals surface area contributed by atoms with E-state index in [9.17, 15) is 0 Å². The van der Waals surface area contributed by atoms with Crippen molar-refractivity contribution in [2.24, 2.45) is 0 Å². The van der Waals surface area contributed by atoms with Gasteiger partial charge in [0.05, 0.1) is 31.8 Å². The van der Waals surface area contributed by atoms with E-state index in [4.69, 9.17) is 4.74 Å². The molecule has 8 nitrogen and oxygen atoms in total. The van der Waals surface area contributed by atoms with Crippen LogP contribution in [0.25, 0.3) is 0 Å². The van der Waals surface area contributed by atoms with Crippen LogP contribution < -0.4 is 0 Å². The van der Waals surface area contributed by atoms with E-state index in [-0.39, 0.29) is 6.10 Å². The third-order valence-electron chi connectivity index (χ3n) is 3.99. The van der Waals surface area contributed by atoms with Crippen molar-refractivity contribution in [2.45, 2.75) is 38.1 Å². The second-order valence-electron chi connectivity index (χ2n) is 5.73. The second kappa shape index (κ2) is 5.53. The Kier molecular flexibility index (Phi) is 3.40. The number of ether oxygens (including phenoxy) is 1. The van der Waals surface area contributed by atoms with Gasteiger partial charge in [-0.2, -0.15) is 5.10 Å². The van der Waals surface area contributed by atoms with Crippen LogP contribution in [0.1, 0.15) is 24.7 Å². The molecule has 1 saturated heterocycles. The number of nitrogens with zero attached hydrogens (tertiary/aromatic N) is 7. The molecule has 2 aliphatic rings. The van der Waals surface area contributed by atoms with Crippen LogP contribution in [0, 0.1) is 0 Å². The van der Waals surface area contributed by atoms with Gasteiger partial charge < -0.3 is 4.74 Å². The molecule has 0 N–H and O–H groups in total. The molecule has 21 heavy (non-hydrogen) atoms. The van der Waals surface area contributed by atoms with Crippen LogP contribution in [0.2, 0.25) is 0 Å². The van der Waals surface area contributed by atoms with E-state index in [0.29, 0.717) is 6.04 Å². The SMILES string of the molecule is c1cnn(C[C@@H]2CN(Cc3nnnn3C3CC3)CCO2)c1. The Morgan fingerprint density at radius 1 is 1.33 bits per heavy atom. The first-order valence-corrected chi connectivity index (χ1v) is 7.46. The summed E-state index contributed by atoms with van der Waals surface area (Å²) in [5.41, 5.74) is 0. The van der Waals surface area contributed by atoms with Gasteiger partial charge in [0.25, 0.3) is 0 Å². The van der Waals surface area contributed by atoms with E-state index in [1.165, 1.54) is 12.8 Å². The number of hydrogen-bond donors (Lipinski definition) is 0. The van der Waals surface area contributed by atoms with Crippen LogP contribution in [-0.4, -0.2) is 60.7 Å². The van der Waals surface area contributed by atoms with Crippen LogP contribution >= 0.6 is 0 Å². The average molecular weight is 289 g/mol. The summed E-state index contributed by atoms with van der Waals surface area (Å²) in [7, 11) is 0. The molecule has 0 amide bonds. The molecule has 4 rings (SSSR count). The molecule has 1 aliphatic heterocycles. The van der Waals surface area contributed by atoms with Gasteiger partial charge in [0.15, 0.2) is 5.82 Å². The largest absolute Gasteiger partial charge is 0.374 e. The summed E-state index contributed by atoms with van der Waals surface area (Å²) in [4.78, 5) is 2.36.